The summed E-state index contributed by atoms with van der Waals surface area (Å²) in [5.41, 5.74) is 1.42. The smallest absolute Gasteiger partial charge is 0.0616 e. The van der Waals surface area contributed by atoms with Crippen LogP contribution in [-0.2, 0) is 11.2 Å². The summed E-state index contributed by atoms with van der Waals surface area (Å²) < 4.78 is 5.32. The fourth-order valence-corrected chi connectivity index (χ4v) is 1.95. The molecule has 0 radical (unpaired) electrons. The van der Waals surface area contributed by atoms with Gasteiger partial charge in [0.15, 0.2) is 0 Å². The molecule has 0 saturated heterocycles. The van der Waals surface area contributed by atoms with Gasteiger partial charge in [-0.05, 0) is 49.2 Å². The van der Waals surface area contributed by atoms with Crippen LogP contribution in [0.15, 0.2) is 16.8 Å². The third-order valence-electron chi connectivity index (χ3n) is 2.06. The average Bonchev–Trinajstić information content (AvgIpc) is 2.67. The molecule has 1 unspecified atom stereocenters. The highest BCUT2D eigenvalue weighted by molar-refractivity contribution is 7.07. The first kappa shape index (κ1) is 11.7. The summed E-state index contributed by atoms with van der Waals surface area (Å²) in [6.07, 6.45) is 1.11. The highest BCUT2D eigenvalue weighted by atomic mass is 32.1. The molecular formula is C11H19NOS. The molecule has 0 spiro atoms. The third kappa shape index (κ3) is 4.74. The third-order valence-corrected chi connectivity index (χ3v) is 2.79. The average molecular weight is 213 g/mol. The Balaban J connectivity index is 2.03. The van der Waals surface area contributed by atoms with Crippen molar-refractivity contribution >= 4 is 11.3 Å². The Morgan fingerprint density at radius 1 is 1.57 bits per heavy atom. The maximum Gasteiger partial charge on any atom is 0.0616 e. The molecule has 1 atom stereocenters. The summed E-state index contributed by atoms with van der Waals surface area (Å²) in [5.74, 6) is 0. The van der Waals surface area contributed by atoms with Gasteiger partial charge in [0.05, 0.1) is 6.61 Å². The Hall–Kier alpha value is -0.380. The van der Waals surface area contributed by atoms with Gasteiger partial charge in [-0.1, -0.05) is 0 Å². The number of nitrogens with one attached hydrogen (secondary N) is 1. The maximum absolute atomic E-state index is 5.32. The van der Waals surface area contributed by atoms with Crippen LogP contribution in [0, 0.1) is 0 Å². The van der Waals surface area contributed by atoms with Crippen molar-refractivity contribution in [3.63, 3.8) is 0 Å². The molecule has 0 bridgehead atoms. The predicted octanol–water partition coefficient (Wildman–Crippen LogP) is 2.31. The molecule has 0 aliphatic carbocycles. The summed E-state index contributed by atoms with van der Waals surface area (Å²) in [4.78, 5) is 0. The summed E-state index contributed by atoms with van der Waals surface area (Å²) in [5, 5.41) is 7.76. The van der Waals surface area contributed by atoms with Crippen molar-refractivity contribution in [1.82, 2.24) is 5.32 Å². The van der Waals surface area contributed by atoms with Crippen LogP contribution in [0.1, 0.15) is 19.4 Å². The molecule has 1 aromatic rings. The SMILES string of the molecule is CCOCC(C)NCCc1ccsc1. The molecule has 1 N–H and O–H groups in total. The van der Waals surface area contributed by atoms with Crippen LogP contribution >= 0.6 is 11.3 Å². The Morgan fingerprint density at radius 2 is 2.43 bits per heavy atom. The molecule has 3 heteroatoms. The normalized spacial score (nSPS) is 13.0. The second-order valence-electron chi connectivity index (χ2n) is 3.40. The van der Waals surface area contributed by atoms with Crippen LogP contribution in [-0.4, -0.2) is 25.8 Å². The van der Waals surface area contributed by atoms with Crippen molar-refractivity contribution in [3.05, 3.63) is 22.4 Å². The molecule has 0 aromatic carbocycles. The van der Waals surface area contributed by atoms with Crippen LogP contribution in [0.4, 0.5) is 0 Å². The van der Waals surface area contributed by atoms with Crippen LogP contribution in [0.25, 0.3) is 0 Å². The van der Waals surface area contributed by atoms with Crippen molar-refractivity contribution in [2.45, 2.75) is 26.3 Å². The van der Waals surface area contributed by atoms with Crippen LogP contribution in [0.5, 0.6) is 0 Å². The minimum Gasteiger partial charge on any atom is -0.380 e. The summed E-state index contributed by atoms with van der Waals surface area (Å²) in [6, 6.07) is 2.63. The molecule has 0 amide bonds. The molecular weight excluding hydrogens is 194 g/mol. The standard InChI is InChI=1S/C11H19NOS/c1-3-13-8-10(2)12-6-4-11-5-7-14-9-11/h5,7,9-10,12H,3-4,6,8H2,1-2H3. The van der Waals surface area contributed by atoms with E-state index in [0.29, 0.717) is 6.04 Å². The van der Waals surface area contributed by atoms with Gasteiger partial charge >= 0.3 is 0 Å². The van der Waals surface area contributed by atoms with Gasteiger partial charge in [0.25, 0.3) is 0 Å². The summed E-state index contributed by atoms with van der Waals surface area (Å²) >= 11 is 1.76. The first-order chi connectivity index (χ1) is 6.83. The molecule has 1 rings (SSSR count). The van der Waals surface area contributed by atoms with E-state index in [1.54, 1.807) is 11.3 Å². The zero-order valence-electron chi connectivity index (χ0n) is 8.95. The largest absolute Gasteiger partial charge is 0.380 e. The highest BCUT2D eigenvalue weighted by Crippen LogP contribution is 2.05. The second-order valence-corrected chi connectivity index (χ2v) is 4.18. The second kappa shape index (κ2) is 6.98. The van der Waals surface area contributed by atoms with E-state index < -0.39 is 0 Å². The lowest BCUT2D eigenvalue weighted by atomic mass is 10.2. The lowest BCUT2D eigenvalue weighted by molar-refractivity contribution is 0.127. The molecule has 1 heterocycles. The lowest BCUT2D eigenvalue weighted by Crippen LogP contribution is -2.32. The Labute approximate surface area is 90.3 Å². The van der Waals surface area contributed by atoms with E-state index in [9.17, 15) is 0 Å². The summed E-state index contributed by atoms with van der Waals surface area (Å²) in [6.45, 7) is 6.82. The zero-order chi connectivity index (χ0) is 10.2. The molecule has 80 valence electrons. The Bertz CT molecular complexity index is 223. The van der Waals surface area contributed by atoms with Gasteiger partial charge in [0.1, 0.15) is 0 Å². The first-order valence-corrected chi connectivity index (χ1v) is 6.09. The molecule has 0 fully saturated rings. The van der Waals surface area contributed by atoms with Gasteiger partial charge in [-0.2, -0.15) is 11.3 Å². The van der Waals surface area contributed by atoms with Crippen molar-refractivity contribution in [1.29, 1.82) is 0 Å². The number of rotatable bonds is 7. The maximum atomic E-state index is 5.32. The van der Waals surface area contributed by atoms with Crippen LogP contribution < -0.4 is 5.32 Å². The Kier molecular flexibility index (Phi) is 5.83. The quantitative estimate of drug-likeness (QED) is 0.750. The summed E-state index contributed by atoms with van der Waals surface area (Å²) in [7, 11) is 0. The van der Waals surface area contributed by atoms with E-state index in [1.807, 2.05) is 6.92 Å². The number of hydrogen-bond donors (Lipinski definition) is 1. The minimum atomic E-state index is 0.452. The van der Waals surface area contributed by atoms with E-state index in [0.717, 1.165) is 26.2 Å². The fraction of sp³-hybridized carbons (Fsp3) is 0.636. The number of thiophene rings is 1. The van der Waals surface area contributed by atoms with E-state index in [1.165, 1.54) is 5.56 Å². The monoisotopic (exact) mass is 213 g/mol. The minimum absolute atomic E-state index is 0.452. The molecule has 1 aromatic heterocycles. The van der Waals surface area contributed by atoms with Gasteiger partial charge < -0.3 is 10.1 Å². The highest BCUT2D eigenvalue weighted by Gasteiger charge is 2.00. The molecule has 0 saturated carbocycles. The number of hydrogen-bond acceptors (Lipinski definition) is 3. The van der Waals surface area contributed by atoms with Gasteiger partial charge in [-0.25, -0.2) is 0 Å². The zero-order valence-corrected chi connectivity index (χ0v) is 9.77. The van der Waals surface area contributed by atoms with E-state index in [2.05, 4.69) is 29.1 Å². The first-order valence-electron chi connectivity index (χ1n) is 5.15. The fourth-order valence-electron chi connectivity index (χ4n) is 1.25. The molecule has 0 aliphatic heterocycles. The van der Waals surface area contributed by atoms with Crippen LogP contribution in [0.3, 0.4) is 0 Å². The lowest BCUT2D eigenvalue weighted by Gasteiger charge is -2.12. The molecule has 0 aliphatic rings. The van der Waals surface area contributed by atoms with Crippen molar-refractivity contribution in [3.8, 4) is 0 Å². The van der Waals surface area contributed by atoms with Gasteiger partial charge in [0.2, 0.25) is 0 Å². The Morgan fingerprint density at radius 3 is 3.07 bits per heavy atom. The number of ether oxygens (including phenoxy) is 1. The van der Waals surface area contributed by atoms with Gasteiger partial charge in [-0.3, -0.25) is 0 Å². The van der Waals surface area contributed by atoms with Gasteiger partial charge in [-0.15, -0.1) is 0 Å². The molecule has 14 heavy (non-hydrogen) atoms. The van der Waals surface area contributed by atoms with Crippen LogP contribution in [0.2, 0.25) is 0 Å². The van der Waals surface area contributed by atoms with E-state index in [-0.39, 0.29) is 0 Å². The molecule has 2 nitrogen and oxygen atoms in total. The van der Waals surface area contributed by atoms with E-state index in [4.69, 9.17) is 4.74 Å². The van der Waals surface area contributed by atoms with Crippen molar-refractivity contribution < 1.29 is 4.74 Å². The topological polar surface area (TPSA) is 21.3 Å². The van der Waals surface area contributed by atoms with E-state index >= 15 is 0 Å². The predicted molar refractivity (Wildman–Crippen MR) is 62.0 cm³/mol. The van der Waals surface area contributed by atoms with Crippen molar-refractivity contribution in [2.24, 2.45) is 0 Å². The van der Waals surface area contributed by atoms with Crippen molar-refractivity contribution in [2.75, 3.05) is 19.8 Å². The van der Waals surface area contributed by atoms with Gasteiger partial charge in [0, 0.05) is 12.6 Å².